The molecule has 1 fully saturated rings. The van der Waals surface area contributed by atoms with Crippen molar-refractivity contribution in [2.24, 2.45) is 11.3 Å². The van der Waals surface area contributed by atoms with Crippen molar-refractivity contribution in [3.05, 3.63) is 35.4 Å². The second-order valence-electron chi connectivity index (χ2n) is 7.93. The molecular weight excluding hydrogens is 344 g/mol. The number of amides is 2. The number of nitrogens with one attached hydrogen (secondary N) is 2. The number of benzene rings is 1. The van der Waals surface area contributed by atoms with Crippen molar-refractivity contribution in [3.63, 3.8) is 0 Å². The maximum Gasteiger partial charge on any atom is 0.311 e. The number of carboxylic acids is 1. The van der Waals surface area contributed by atoms with E-state index in [9.17, 15) is 19.5 Å². The number of aryl methyl sites for hydroxylation is 1. The lowest BCUT2D eigenvalue weighted by atomic mass is 9.74. The zero-order valence-electron chi connectivity index (χ0n) is 16.4. The molecule has 2 rings (SSSR count). The van der Waals surface area contributed by atoms with Crippen LogP contribution in [0, 0.1) is 18.3 Å². The van der Waals surface area contributed by atoms with Crippen LogP contribution >= 0.6 is 0 Å². The lowest BCUT2D eigenvalue weighted by molar-refractivity contribution is -0.151. The van der Waals surface area contributed by atoms with Crippen LogP contribution in [-0.2, 0) is 9.59 Å². The Kier molecular flexibility index (Phi) is 6.99. The number of hydrogen-bond donors (Lipinski definition) is 3. The Labute approximate surface area is 160 Å². The monoisotopic (exact) mass is 374 g/mol. The molecule has 1 aromatic carbocycles. The minimum atomic E-state index is -0.893. The van der Waals surface area contributed by atoms with Gasteiger partial charge < -0.3 is 15.7 Å². The summed E-state index contributed by atoms with van der Waals surface area (Å²) in [7, 11) is 0. The summed E-state index contributed by atoms with van der Waals surface area (Å²) in [5.41, 5.74) is 0.576. The second-order valence-corrected chi connectivity index (χ2v) is 7.93. The topological polar surface area (TPSA) is 95.5 Å². The molecule has 0 spiro atoms. The van der Waals surface area contributed by atoms with Gasteiger partial charge in [-0.1, -0.05) is 50.8 Å². The van der Waals surface area contributed by atoms with Crippen LogP contribution in [0.3, 0.4) is 0 Å². The first-order chi connectivity index (χ1) is 12.7. The second kappa shape index (κ2) is 9.02. The van der Waals surface area contributed by atoms with Gasteiger partial charge >= 0.3 is 5.97 Å². The van der Waals surface area contributed by atoms with Crippen LogP contribution in [0.5, 0.6) is 0 Å². The first-order valence-electron chi connectivity index (χ1n) is 9.64. The average Bonchev–Trinajstić information content (AvgIpc) is 2.64. The van der Waals surface area contributed by atoms with Crippen molar-refractivity contribution >= 4 is 17.8 Å². The van der Waals surface area contributed by atoms with Crippen LogP contribution in [0.15, 0.2) is 24.3 Å². The molecule has 3 N–H and O–H groups in total. The SMILES string of the molecule is Cc1cccc(C(=O)NC(C(=O)NCC2(C(=O)O)CCCCC2)C(C)C)c1. The van der Waals surface area contributed by atoms with Gasteiger partial charge in [0.15, 0.2) is 0 Å². The fourth-order valence-corrected chi connectivity index (χ4v) is 3.61. The van der Waals surface area contributed by atoms with Crippen LogP contribution in [-0.4, -0.2) is 35.5 Å². The highest BCUT2D eigenvalue weighted by atomic mass is 16.4. The number of carboxylic acid groups (broad SMARTS) is 1. The number of aliphatic carboxylic acids is 1. The number of carbonyl (C=O) groups is 3. The summed E-state index contributed by atoms with van der Waals surface area (Å²) >= 11 is 0. The van der Waals surface area contributed by atoms with Crippen molar-refractivity contribution < 1.29 is 19.5 Å². The predicted octanol–water partition coefficient (Wildman–Crippen LogP) is 2.90. The molecule has 1 aliphatic carbocycles. The Morgan fingerprint density at radius 3 is 2.37 bits per heavy atom. The van der Waals surface area contributed by atoms with Gasteiger partial charge in [-0.2, -0.15) is 0 Å². The summed E-state index contributed by atoms with van der Waals surface area (Å²) in [5, 5.41) is 15.2. The summed E-state index contributed by atoms with van der Waals surface area (Å²) < 4.78 is 0. The van der Waals surface area contributed by atoms with E-state index in [0.717, 1.165) is 24.8 Å². The molecule has 27 heavy (non-hydrogen) atoms. The molecule has 148 valence electrons. The van der Waals surface area contributed by atoms with Crippen molar-refractivity contribution in [2.75, 3.05) is 6.54 Å². The molecule has 0 saturated heterocycles. The molecule has 1 atom stereocenters. The zero-order valence-corrected chi connectivity index (χ0v) is 16.4. The fourth-order valence-electron chi connectivity index (χ4n) is 3.61. The molecule has 0 bridgehead atoms. The van der Waals surface area contributed by atoms with Gasteiger partial charge in [-0.3, -0.25) is 14.4 Å². The van der Waals surface area contributed by atoms with E-state index in [4.69, 9.17) is 0 Å². The zero-order chi connectivity index (χ0) is 20.0. The molecule has 1 aromatic rings. The number of carbonyl (C=O) groups excluding carboxylic acids is 2. The standard InChI is InChI=1S/C21H30N2O4/c1-14(2)17(23-18(24)16-9-7-8-15(3)12-16)19(25)22-13-21(20(26)27)10-5-4-6-11-21/h7-9,12,14,17H,4-6,10-11,13H2,1-3H3,(H,22,25)(H,23,24)(H,26,27). The van der Waals surface area contributed by atoms with Gasteiger partial charge in [0.25, 0.3) is 5.91 Å². The molecule has 1 aliphatic rings. The van der Waals surface area contributed by atoms with E-state index in [1.165, 1.54) is 0 Å². The van der Waals surface area contributed by atoms with Gasteiger partial charge in [-0.05, 0) is 37.8 Å². The van der Waals surface area contributed by atoms with E-state index < -0.39 is 17.4 Å². The Balaban J connectivity index is 2.04. The highest BCUT2D eigenvalue weighted by Crippen LogP contribution is 2.36. The van der Waals surface area contributed by atoms with Gasteiger partial charge in [0, 0.05) is 12.1 Å². The third-order valence-electron chi connectivity index (χ3n) is 5.38. The Morgan fingerprint density at radius 1 is 1.15 bits per heavy atom. The Morgan fingerprint density at radius 2 is 1.81 bits per heavy atom. The molecule has 1 unspecified atom stereocenters. The third-order valence-corrected chi connectivity index (χ3v) is 5.38. The molecule has 1 saturated carbocycles. The Bertz CT molecular complexity index is 693. The van der Waals surface area contributed by atoms with E-state index in [1.54, 1.807) is 18.2 Å². The minimum absolute atomic E-state index is 0.102. The molecule has 6 nitrogen and oxygen atoms in total. The summed E-state index contributed by atoms with van der Waals surface area (Å²) in [4.78, 5) is 37.0. The quantitative estimate of drug-likeness (QED) is 0.684. The van der Waals surface area contributed by atoms with E-state index in [-0.39, 0.29) is 24.3 Å². The Hall–Kier alpha value is -2.37. The van der Waals surface area contributed by atoms with E-state index >= 15 is 0 Å². The van der Waals surface area contributed by atoms with Crippen molar-refractivity contribution in [1.82, 2.24) is 10.6 Å². The number of hydrogen-bond acceptors (Lipinski definition) is 3. The summed E-state index contributed by atoms with van der Waals surface area (Å²) in [6.07, 6.45) is 3.90. The summed E-state index contributed by atoms with van der Waals surface area (Å²) in [5.74, 6) is -1.62. The highest BCUT2D eigenvalue weighted by Gasteiger charge is 2.40. The molecule has 0 heterocycles. The lowest BCUT2D eigenvalue weighted by Crippen LogP contribution is -2.53. The van der Waals surface area contributed by atoms with Crippen molar-refractivity contribution in [1.29, 1.82) is 0 Å². The smallest absolute Gasteiger partial charge is 0.311 e. The van der Waals surface area contributed by atoms with Crippen molar-refractivity contribution in [3.8, 4) is 0 Å². The normalized spacial score (nSPS) is 17.2. The summed E-state index contributed by atoms with van der Waals surface area (Å²) in [6.45, 7) is 5.71. The average molecular weight is 374 g/mol. The van der Waals surface area contributed by atoms with E-state index in [0.29, 0.717) is 18.4 Å². The molecule has 6 heteroatoms. The highest BCUT2D eigenvalue weighted by molar-refractivity contribution is 5.97. The lowest BCUT2D eigenvalue weighted by Gasteiger charge is -2.34. The van der Waals surface area contributed by atoms with Crippen LogP contribution in [0.4, 0.5) is 0 Å². The first kappa shape index (κ1) is 20.9. The first-order valence-corrected chi connectivity index (χ1v) is 9.64. The van der Waals surface area contributed by atoms with Crippen LogP contribution in [0.25, 0.3) is 0 Å². The molecule has 0 radical (unpaired) electrons. The molecular formula is C21H30N2O4. The van der Waals surface area contributed by atoms with Gasteiger partial charge in [-0.15, -0.1) is 0 Å². The van der Waals surface area contributed by atoms with Gasteiger partial charge in [0.05, 0.1) is 5.41 Å². The molecule has 0 aliphatic heterocycles. The van der Waals surface area contributed by atoms with E-state index in [2.05, 4.69) is 10.6 Å². The fraction of sp³-hybridized carbons (Fsp3) is 0.571. The minimum Gasteiger partial charge on any atom is -0.481 e. The number of rotatable bonds is 7. The molecule has 0 aromatic heterocycles. The molecule has 2 amide bonds. The third kappa shape index (κ3) is 5.31. The van der Waals surface area contributed by atoms with Gasteiger partial charge in [0.1, 0.15) is 6.04 Å². The predicted molar refractivity (Wildman–Crippen MR) is 103 cm³/mol. The van der Waals surface area contributed by atoms with Crippen LogP contribution < -0.4 is 10.6 Å². The summed E-state index contributed by atoms with van der Waals surface area (Å²) in [6, 6.07) is 6.46. The largest absolute Gasteiger partial charge is 0.481 e. The maximum absolute atomic E-state index is 12.7. The van der Waals surface area contributed by atoms with Crippen molar-refractivity contribution in [2.45, 2.75) is 58.9 Å². The van der Waals surface area contributed by atoms with Crippen LogP contribution in [0.2, 0.25) is 0 Å². The maximum atomic E-state index is 12.7. The van der Waals surface area contributed by atoms with Crippen LogP contribution in [0.1, 0.15) is 61.9 Å². The van der Waals surface area contributed by atoms with E-state index in [1.807, 2.05) is 26.8 Å². The van der Waals surface area contributed by atoms with Gasteiger partial charge in [-0.25, -0.2) is 0 Å². The van der Waals surface area contributed by atoms with Gasteiger partial charge in [0.2, 0.25) is 5.91 Å².